The Kier molecular flexibility index (Phi) is 7.98. The summed E-state index contributed by atoms with van der Waals surface area (Å²) in [6.07, 6.45) is 11.9. The first kappa shape index (κ1) is 23.3. The smallest absolute Gasteiger partial charge is 0.237 e. The minimum atomic E-state index is -0.368. The van der Waals surface area contributed by atoms with Gasteiger partial charge in [0, 0.05) is 19.9 Å². The van der Waals surface area contributed by atoms with Crippen LogP contribution in [0, 0.1) is 17.8 Å². The summed E-state index contributed by atoms with van der Waals surface area (Å²) in [5, 5.41) is 0. The number of benzene rings is 2. The molecule has 1 heterocycles. The van der Waals surface area contributed by atoms with E-state index in [1.54, 1.807) is 11.9 Å². The molecule has 1 aliphatic heterocycles. The second-order valence-electron chi connectivity index (χ2n) is 9.58. The number of hydrogen-bond donors (Lipinski definition) is 0. The van der Waals surface area contributed by atoms with E-state index in [9.17, 15) is 9.59 Å². The molecule has 0 aromatic heterocycles. The highest BCUT2D eigenvalue weighted by Gasteiger charge is 2.27. The number of fused-ring (bicyclic) bond motifs is 1. The lowest BCUT2D eigenvalue weighted by atomic mass is 9.76. The van der Waals surface area contributed by atoms with Crippen molar-refractivity contribution in [3.63, 3.8) is 0 Å². The fraction of sp³-hybridized carbons (Fsp3) is 0.448. The number of Topliss-reactive ketones (excluding diaryl/α,β-unsaturated/α-hetero) is 1. The molecule has 1 amide bonds. The minimum Gasteiger partial charge on any atom is -0.490 e. The Morgan fingerprint density at radius 1 is 1.06 bits per heavy atom. The highest BCUT2D eigenvalue weighted by atomic mass is 16.5. The predicted octanol–water partition coefficient (Wildman–Crippen LogP) is 6.00. The number of allylic oxidation sites excluding steroid dienone is 1. The van der Waals surface area contributed by atoms with Crippen molar-refractivity contribution in [1.82, 2.24) is 0 Å². The zero-order valence-corrected chi connectivity index (χ0v) is 19.6. The van der Waals surface area contributed by atoms with E-state index >= 15 is 0 Å². The van der Waals surface area contributed by atoms with Crippen molar-refractivity contribution < 1.29 is 14.3 Å². The van der Waals surface area contributed by atoms with Crippen molar-refractivity contribution in [2.24, 2.45) is 17.8 Å². The number of anilines is 1. The largest absolute Gasteiger partial charge is 0.490 e. The van der Waals surface area contributed by atoms with Crippen LogP contribution < -0.4 is 9.64 Å². The van der Waals surface area contributed by atoms with Gasteiger partial charge in [0.2, 0.25) is 5.91 Å². The van der Waals surface area contributed by atoms with Gasteiger partial charge >= 0.3 is 0 Å². The molecule has 4 heteroatoms. The average molecular weight is 446 g/mol. The molecule has 0 saturated heterocycles. The third kappa shape index (κ3) is 6.34. The molecule has 3 atom stereocenters. The molecule has 2 aromatic carbocycles. The van der Waals surface area contributed by atoms with E-state index in [1.807, 2.05) is 36.4 Å². The monoisotopic (exact) mass is 445 g/mol. The van der Waals surface area contributed by atoms with Crippen molar-refractivity contribution in [1.29, 1.82) is 0 Å². The fourth-order valence-electron chi connectivity index (χ4n) is 5.24. The molecule has 1 unspecified atom stereocenters. The van der Waals surface area contributed by atoms with Crippen LogP contribution in [0.25, 0.3) is 0 Å². The Labute approximate surface area is 197 Å². The Morgan fingerprint density at radius 2 is 1.82 bits per heavy atom. The van der Waals surface area contributed by atoms with Crippen LogP contribution in [0.15, 0.2) is 66.7 Å². The number of ether oxygens (including phenoxy) is 1. The molecular weight excluding hydrogens is 410 g/mol. The molecule has 0 radical (unpaired) electrons. The topological polar surface area (TPSA) is 46.6 Å². The zero-order chi connectivity index (χ0) is 23.0. The number of carbonyl (C=O) groups excluding carboxylic acids is 2. The van der Waals surface area contributed by atoms with Crippen LogP contribution in [0.5, 0.6) is 5.75 Å². The quantitative estimate of drug-likeness (QED) is 0.468. The average Bonchev–Trinajstić information content (AvgIpc) is 2.96. The molecule has 174 valence electrons. The summed E-state index contributed by atoms with van der Waals surface area (Å²) in [5.74, 6) is 2.00. The molecule has 4 rings (SSSR count). The SMILES string of the molecule is CN1C(=O)[C@@H](/C=C/CC(=O)CCC2CCC[C@@H](Cc3ccccc3)C2)COc2ccccc21. The first-order chi connectivity index (χ1) is 16.1. The van der Waals surface area contributed by atoms with Crippen LogP contribution in [0.3, 0.4) is 0 Å². The summed E-state index contributed by atoms with van der Waals surface area (Å²) >= 11 is 0. The Hall–Kier alpha value is -2.88. The van der Waals surface area contributed by atoms with Gasteiger partial charge in [-0.15, -0.1) is 0 Å². The standard InChI is InChI=1S/C29H35NO3/c1-30-27-15-5-6-16-28(27)33-21-25(29(30)32)13-8-14-26(31)18-17-23-11-7-12-24(20-23)19-22-9-3-2-4-10-22/h2-6,8-10,13,15-16,23-25H,7,11-12,14,17-21H2,1H3/b13-8+/t23?,24-,25-/m0/s1. The number of nitrogens with zero attached hydrogens (tertiary/aromatic N) is 1. The number of amides is 1. The molecule has 0 spiro atoms. The van der Waals surface area contributed by atoms with Crippen molar-refractivity contribution in [2.45, 2.75) is 51.4 Å². The summed E-state index contributed by atoms with van der Waals surface area (Å²) in [6, 6.07) is 18.3. The third-order valence-electron chi connectivity index (χ3n) is 7.10. The van der Waals surface area contributed by atoms with Gasteiger partial charge in [0.1, 0.15) is 18.1 Å². The number of carbonyl (C=O) groups is 2. The maximum absolute atomic E-state index is 12.8. The van der Waals surface area contributed by atoms with E-state index in [-0.39, 0.29) is 17.6 Å². The van der Waals surface area contributed by atoms with E-state index < -0.39 is 0 Å². The van der Waals surface area contributed by atoms with Gasteiger partial charge in [-0.1, -0.05) is 73.9 Å². The van der Waals surface area contributed by atoms with Gasteiger partial charge < -0.3 is 9.64 Å². The van der Waals surface area contributed by atoms with Crippen molar-refractivity contribution in [2.75, 3.05) is 18.6 Å². The van der Waals surface area contributed by atoms with Crippen LogP contribution in [0.1, 0.15) is 50.5 Å². The normalized spacial score (nSPS) is 23.1. The predicted molar refractivity (Wildman–Crippen MR) is 132 cm³/mol. The lowest BCUT2D eigenvalue weighted by Crippen LogP contribution is -2.32. The fourth-order valence-corrected chi connectivity index (χ4v) is 5.24. The number of ketones is 1. The van der Waals surface area contributed by atoms with E-state index in [0.717, 1.165) is 30.2 Å². The van der Waals surface area contributed by atoms with Gasteiger partial charge in [0.05, 0.1) is 11.6 Å². The van der Waals surface area contributed by atoms with Gasteiger partial charge in [0.15, 0.2) is 0 Å². The number of para-hydroxylation sites is 2. The van der Waals surface area contributed by atoms with Crippen molar-refractivity contribution in [3.05, 3.63) is 72.3 Å². The van der Waals surface area contributed by atoms with E-state index in [4.69, 9.17) is 4.74 Å². The third-order valence-corrected chi connectivity index (χ3v) is 7.10. The molecule has 1 fully saturated rings. The van der Waals surface area contributed by atoms with E-state index in [1.165, 1.54) is 31.2 Å². The molecule has 2 aromatic rings. The Morgan fingerprint density at radius 3 is 2.67 bits per heavy atom. The van der Waals surface area contributed by atoms with Gasteiger partial charge in [0.25, 0.3) is 0 Å². The summed E-state index contributed by atoms with van der Waals surface area (Å²) in [6.45, 7) is 0.301. The van der Waals surface area contributed by atoms with Gasteiger partial charge in [-0.05, 0) is 48.8 Å². The van der Waals surface area contributed by atoms with Gasteiger partial charge in [-0.25, -0.2) is 0 Å². The maximum atomic E-state index is 12.8. The number of hydrogen-bond acceptors (Lipinski definition) is 3. The second kappa shape index (κ2) is 11.3. The van der Waals surface area contributed by atoms with Crippen molar-refractivity contribution >= 4 is 17.4 Å². The van der Waals surface area contributed by atoms with E-state index in [2.05, 4.69) is 30.3 Å². The number of rotatable bonds is 8. The molecule has 2 aliphatic rings. The molecule has 1 aliphatic carbocycles. The summed E-state index contributed by atoms with van der Waals surface area (Å²) in [5.41, 5.74) is 2.21. The van der Waals surface area contributed by atoms with Crippen LogP contribution >= 0.6 is 0 Å². The Bertz CT molecular complexity index is 968. The van der Waals surface area contributed by atoms with Gasteiger partial charge in [-0.2, -0.15) is 0 Å². The van der Waals surface area contributed by atoms with Crippen LogP contribution in [0.4, 0.5) is 5.69 Å². The van der Waals surface area contributed by atoms with Crippen LogP contribution in [-0.2, 0) is 16.0 Å². The first-order valence-electron chi connectivity index (χ1n) is 12.3. The first-order valence-corrected chi connectivity index (χ1v) is 12.3. The van der Waals surface area contributed by atoms with Gasteiger partial charge in [-0.3, -0.25) is 9.59 Å². The summed E-state index contributed by atoms with van der Waals surface area (Å²) in [7, 11) is 1.77. The lowest BCUT2D eigenvalue weighted by Gasteiger charge is -2.29. The highest BCUT2D eigenvalue weighted by molar-refractivity contribution is 5.97. The van der Waals surface area contributed by atoms with Crippen LogP contribution in [0.2, 0.25) is 0 Å². The van der Waals surface area contributed by atoms with Crippen LogP contribution in [-0.4, -0.2) is 25.3 Å². The molecule has 0 bridgehead atoms. The molecule has 4 nitrogen and oxygen atoms in total. The molecular formula is C29H35NO3. The molecule has 0 N–H and O–H groups in total. The van der Waals surface area contributed by atoms with E-state index in [0.29, 0.717) is 25.4 Å². The maximum Gasteiger partial charge on any atom is 0.237 e. The van der Waals surface area contributed by atoms with Crippen molar-refractivity contribution in [3.8, 4) is 5.75 Å². The minimum absolute atomic E-state index is 0.00434. The highest BCUT2D eigenvalue weighted by Crippen LogP contribution is 2.34. The Balaban J connectivity index is 1.21. The molecule has 1 saturated carbocycles. The zero-order valence-electron chi connectivity index (χ0n) is 19.6. The lowest BCUT2D eigenvalue weighted by molar-refractivity contribution is -0.121. The summed E-state index contributed by atoms with van der Waals surface area (Å²) < 4.78 is 5.84. The molecule has 33 heavy (non-hydrogen) atoms. The summed E-state index contributed by atoms with van der Waals surface area (Å²) in [4.78, 5) is 26.9. The second-order valence-corrected chi connectivity index (χ2v) is 9.58.